The van der Waals surface area contributed by atoms with Crippen LogP contribution in [0.1, 0.15) is 22.3 Å². The Morgan fingerprint density at radius 2 is 1.38 bits per heavy atom. The van der Waals surface area contributed by atoms with Gasteiger partial charge in [0.1, 0.15) is 5.75 Å². The van der Waals surface area contributed by atoms with Crippen molar-refractivity contribution in [3.05, 3.63) is 101 Å². The molecule has 0 saturated carbocycles. The van der Waals surface area contributed by atoms with Gasteiger partial charge in [0.15, 0.2) is 6.61 Å². The number of rotatable bonds is 8. The van der Waals surface area contributed by atoms with Crippen LogP contribution in [0.5, 0.6) is 5.75 Å². The van der Waals surface area contributed by atoms with E-state index >= 15 is 0 Å². The first-order valence-corrected chi connectivity index (χ1v) is 10.4. The first-order chi connectivity index (χ1) is 14.0. The van der Waals surface area contributed by atoms with Crippen molar-refractivity contribution in [3.8, 4) is 5.75 Å². The Kier molecular flexibility index (Phi) is 7.14. The van der Waals surface area contributed by atoms with Crippen molar-refractivity contribution in [1.82, 2.24) is 0 Å². The molecule has 0 radical (unpaired) electrons. The molecule has 3 nitrogen and oxygen atoms in total. The average Bonchev–Trinajstić information content (AvgIpc) is 2.72. The predicted octanol–water partition coefficient (Wildman–Crippen LogP) is 5.99. The second-order valence-corrected chi connectivity index (χ2v) is 7.91. The third kappa shape index (κ3) is 6.26. The number of thioether (sulfide) groups is 1. The maximum absolute atomic E-state index is 10.6. The van der Waals surface area contributed by atoms with Crippen LogP contribution >= 0.6 is 11.8 Å². The van der Waals surface area contributed by atoms with Gasteiger partial charge in [-0.25, -0.2) is 4.79 Å². The first kappa shape index (κ1) is 20.7. The molecule has 0 aromatic heterocycles. The summed E-state index contributed by atoms with van der Waals surface area (Å²) in [6.45, 7) is 3.86. The van der Waals surface area contributed by atoms with E-state index < -0.39 is 5.97 Å². The van der Waals surface area contributed by atoms with Gasteiger partial charge in [0, 0.05) is 10.6 Å². The van der Waals surface area contributed by atoms with Crippen molar-refractivity contribution in [2.75, 3.05) is 12.4 Å². The Labute approximate surface area is 176 Å². The molecular weight excluding hydrogens is 380 g/mol. The highest BCUT2D eigenvalue weighted by molar-refractivity contribution is 7.99. The molecule has 3 aromatic carbocycles. The molecule has 148 valence electrons. The van der Waals surface area contributed by atoms with Crippen LogP contribution in [-0.4, -0.2) is 23.4 Å². The molecule has 0 heterocycles. The van der Waals surface area contributed by atoms with Gasteiger partial charge in [0.2, 0.25) is 0 Å². The van der Waals surface area contributed by atoms with Crippen LogP contribution in [0.25, 0.3) is 5.57 Å². The van der Waals surface area contributed by atoms with E-state index in [4.69, 9.17) is 9.84 Å². The summed E-state index contributed by atoms with van der Waals surface area (Å²) < 4.78 is 5.18. The Morgan fingerprint density at radius 1 is 0.862 bits per heavy atom. The molecule has 0 atom stereocenters. The number of aryl methyl sites for hydroxylation is 2. The second-order valence-electron chi connectivity index (χ2n) is 6.81. The summed E-state index contributed by atoms with van der Waals surface area (Å²) >= 11 is 1.73. The van der Waals surface area contributed by atoms with E-state index in [1.165, 1.54) is 27.8 Å². The van der Waals surface area contributed by atoms with Crippen LogP contribution in [0.2, 0.25) is 0 Å². The predicted molar refractivity (Wildman–Crippen MR) is 120 cm³/mol. The van der Waals surface area contributed by atoms with E-state index in [0.717, 1.165) is 10.6 Å². The minimum atomic E-state index is -0.978. The van der Waals surface area contributed by atoms with Crippen molar-refractivity contribution in [2.45, 2.75) is 18.7 Å². The van der Waals surface area contributed by atoms with Crippen molar-refractivity contribution < 1.29 is 14.6 Å². The lowest BCUT2D eigenvalue weighted by Crippen LogP contribution is -2.09. The van der Waals surface area contributed by atoms with Gasteiger partial charge in [0.05, 0.1) is 0 Å². The fraction of sp³-hybridized carbons (Fsp3) is 0.160. The maximum Gasteiger partial charge on any atom is 0.341 e. The summed E-state index contributed by atoms with van der Waals surface area (Å²) in [4.78, 5) is 11.7. The Hall–Kier alpha value is -2.98. The second kappa shape index (κ2) is 9.99. The van der Waals surface area contributed by atoms with Crippen molar-refractivity contribution in [2.24, 2.45) is 0 Å². The van der Waals surface area contributed by atoms with Gasteiger partial charge in [-0.3, -0.25) is 0 Å². The van der Waals surface area contributed by atoms with E-state index in [1.807, 2.05) is 12.1 Å². The molecule has 3 rings (SSSR count). The zero-order valence-electron chi connectivity index (χ0n) is 16.6. The smallest absolute Gasteiger partial charge is 0.341 e. The third-order valence-corrected chi connectivity index (χ3v) is 5.39. The number of benzene rings is 3. The molecular formula is C25H24O3S. The van der Waals surface area contributed by atoms with E-state index in [2.05, 4.69) is 68.5 Å². The fourth-order valence-corrected chi connectivity index (χ4v) is 3.64. The van der Waals surface area contributed by atoms with E-state index in [0.29, 0.717) is 5.75 Å². The summed E-state index contributed by atoms with van der Waals surface area (Å²) in [7, 11) is 0. The highest BCUT2D eigenvalue weighted by atomic mass is 32.2. The summed E-state index contributed by atoms with van der Waals surface area (Å²) in [5.74, 6) is 0.410. The number of hydrogen-bond acceptors (Lipinski definition) is 3. The standard InChI is InChI=1S/C25H24O3S/c1-18-3-7-20(8-4-18)24(21-9-5-19(2)6-10-21)15-16-29-23-13-11-22(12-14-23)28-17-25(26)27/h3-15H,16-17H2,1-2H3,(H,26,27). The van der Waals surface area contributed by atoms with E-state index in [-0.39, 0.29) is 6.61 Å². The highest BCUT2D eigenvalue weighted by Crippen LogP contribution is 2.27. The molecule has 29 heavy (non-hydrogen) atoms. The van der Waals surface area contributed by atoms with E-state index in [1.54, 1.807) is 23.9 Å². The zero-order valence-corrected chi connectivity index (χ0v) is 17.4. The van der Waals surface area contributed by atoms with Crippen molar-refractivity contribution >= 4 is 23.3 Å². The fourth-order valence-electron chi connectivity index (χ4n) is 2.87. The quantitative estimate of drug-likeness (QED) is 0.468. The SMILES string of the molecule is Cc1ccc(C(=CCSc2ccc(OCC(=O)O)cc2)c2ccc(C)cc2)cc1. The molecule has 0 bridgehead atoms. The summed E-state index contributed by atoms with van der Waals surface area (Å²) in [6.07, 6.45) is 2.26. The van der Waals surface area contributed by atoms with Gasteiger partial charge in [-0.15, -0.1) is 11.8 Å². The summed E-state index contributed by atoms with van der Waals surface area (Å²) in [5, 5.41) is 8.68. The normalized spacial score (nSPS) is 10.4. The molecule has 4 heteroatoms. The Bertz CT molecular complexity index is 925. The summed E-state index contributed by atoms with van der Waals surface area (Å²) in [6, 6.07) is 24.7. The van der Waals surface area contributed by atoms with Gasteiger partial charge >= 0.3 is 5.97 Å². The topological polar surface area (TPSA) is 46.5 Å². The minimum absolute atomic E-state index is 0.328. The van der Waals surface area contributed by atoms with Crippen LogP contribution in [0.4, 0.5) is 0 Å². The van der Waals surface area contributed by atoms with Gasteiger partial charge in [-0.2, -0.15) is 0 Å². The molecule has 0 aliphatic heterocycles. The minimum Gasteiger partial charge on any atom is -0.482 e. The molecule has 0 aliphatic rings. The van der Waals surface area contributed by atoms with Crippen LogP contribution < -0.4 is 4.74 Å². The number of aliphatic carboxylic acids is 1. The van der Waals surface area contributed by atoms with Gasteiger partial charge in [-0.05, 0) is 54.8 Å². The molecule has 0 unspecified atom stereocenters. The highest BCUT2D eigenvalue weighted by Gasteiger charge is 2.06. The third-order valence-electron chi connectivity index (χ3n) is 4.45. The van der Waals surface area contributed by atoms with Crippen molar-refractivity contribution in [3.63, 3.8) is 0 Å². The number of ether oxygens (including phenoxy) is 1. The zero-order chi connectivity index (χ0) is 20.6. The number of carbonyl (C=O) groups is 1. The Morgan fingerprint density at radius 3 is 1.86 bits per heavy atom. The Balaban J connectivity index is 1.73. The number of carboxylic acids is 1. The maximum atomic E-state index is 10.6. The van der Waals surface area contributed by atoms with Crippen molar-refractivity contribution in [1.29, 1.82) is 0 Å². The molecule has 0 saturated heterocycles. The largest absolute Gasteiger partial charge is 0.482 e. The average molecular weight is 405 g/mol. The van der Waals surface area contributed by atoms with E-state index in [9.17, 15) is 4.79 Å². The lowest BCUT2D eigenvalue weighted by atomic mass is 9.96. The first-order valence-electron chi connectivity index (χ1n) is 9.43. The molecule has 0 amide bonds. The van der Waals surface area contributed by atoms with Crippen LogP contribution in [0, 0.1) is 13.8 Å². The summed E-state index contributed by atoms with van der Waals surface area (Å²) in [5.41, 5.74) is 6.13. The van der Waals surface area contributed by atoms with Gasteiger partial charge in [-0.1, -0.05) is 65.7 Å². The number of carboxylic acid groups (broad SMARTS) is 1. The molecule has 3 aromatic rings. The molecule has 0 spiro atoms. The lowest BCUT2D eigenvalue weighted by Gasteiger charge is -2.10. The van der Waals surface area contributed by atoms with Crippen LogP contribution in [0.3, 0.4) is 0 Å². The lowest BCUT2D eigenvalue weighted by molar-refractivity contribution is -0.139. The van der Waals surface area contributed by atoms with Gasteiger partial charge in [0.25, 0.3) is 0 Å². The van der Waals surface area contributed by atoms with Gasteiger partial charge < -0.3 is 9.84 Å². The molecule has 0 fully saturated rings. The van der Waals surface area contributed by atoms with Crippen LogP contribution in [-0.2, 0) is 4.79 Å². The molecule has 1 N–H and O–H groups in total. The van der Waals surface area contributed by atoms with Crippen LogP contribution in [0.15, 0.2) is 83.8 Å². The monoisotopic (exact) mass is 404 g/mol. The number of hydrogen-bond donors (Lipinski definition) is 1. The molecule has 0 aliphatic carbocycles.